The minimum atomic E-state index is -0.155. The Morgan fingerprint density at radius 1 is 1.17 bits per heavy atom. The summed E-state index contributed by atoms with van der Waals surface area (Å²) in [5.41, 5.74) is 5.67. The number of anilines is 2. The molecule has 2 N–H and O–H groups in total. The fourth-order valence-electron chi connectivity index (χ4n) is 4.81. The van der Waals surface area contributed by atoms with Crippen LogP contribution in [0.3, 0.4) is 0 Å². The summed E-state index contributed by atoms with van der Waals surface area (Å²) in [4.78, 5) is 27.1. The fraction of sp³-hybridized carbons (Fsp3) is 0.357. The van der Waals surface area contributed by atoms with E-state index >= 15 is 0 Å². The average Bonchev–Trinajstić information content (AvgIpc) is 3.14. The lowest BCUT2D eigenvalue weighted by molar-refractivity contribution is 0.496. The highest BCUT2D eigenvalue weighted by Gasteiger charge is 2.21. The summed E-state index contributed by atoms with van der Waals surface area (Å²) < 4.78 is 3.47. The molecule has 1 atom stereocenters. The van der Waals surface area contributed by atoms with Crippen LogP contribution in [0.1, 0.15) is 44.0 Å². The van der Waals surface area contributed by atoms with E-state index in [1.165, 1.54) is 11.1 Å². The van der Waals surface area contributed by atoms with Crippen LogP contribution in [0, 0.1) is 0 Å². The molecular formula is C28H33N7O. The first-order valence-corrected chi connectivity index (χ1v) is 12.4. The first kappa shape index (κ1) is 23.9. The molecule has 0 spiro atoms. The second-order valence-corrected chi connectivity index (χ2v) is 10.4. The van der Waals surface area contributed by atoms with Gasteiger partial charge in [-0.05, 0) is 61.7 Å². The van der Waals surface area contributed by atoms with Gasteiger partial charge in [0.2, 0.25) is 5.95 Å². The maximum absolute atomic E-state index is 13.3. The van der Waals surface area contributed by atoms with Gasteiger partial charge < -0.3 is 10.6 Å². The minimum absolute atomic E-state index is 0.136. The number of likely N-dealkylation sites (N-methyl/N-ethyl adjacent to an activating group) is 1. The SMILES string of the molecule is C=CCn1c(=O)c2cnc(Nc3ccc4c(c3)CC(NC)CC4)nc2n1-c1ccnc(C(C)(C)C)c1. The third-order valence-electron chi connectivity index (χ3n) is 6.83. The summed E-state index contributed by atoms with van der Waals surface area (Å²) >= 11 is 0. The number of benzene rings is 1. The molecule has 0 aliphatic heterocycles. The van der Waals surface area contributed by atoms with Crippen molar-refractivity contribution in [2.24, 2.45) is 0 Å². The molecule has 1 aliphatic rings. The van der Waals surface area contributed by atoms with Crippen molar-refractivity contribution in [1.82, 2.24) is 29.6 Å². The van der Waals surface area contributed by atoms with Crippen molar-refractivity contribution in [3.8, 4) is 5.69 Å². The summed E-state index contributed by atoms with van der Waals surface area (Å²) in [6, 6.07) is 10.8. The summed E-state index contributed by atoms with van der Waals surface area (Å²) in [7, 11) is 2.02. The highest BCUT2D eigenvalue weighted by molar-refractivity contribution is 5.77. The number of aromatic nitrogens is 5. The Morgan fingerprint density at radius 2 is 2.00 bits per heavy atom. The highest BCUT2D eigenvalue weighted by atomic mass is 16.1. The Labute approximate surface area is 211 Å². The largest absolute Gasteiger partial charge is 0.324 e. The summed E-state index contributed by atoms with van der Waals surface area (Å²) in [5, 5.41) is 7.21. The van der Waals surface area contributed by atoms with E-state index in [9.17, 15) is 4.79 Å². The van der Waals surface area contributed by atoms with Gasteiger partial charge in [0.05, 0.1) is 12.2 Å². The van der Waals surface area contributed by atoms with E-state index in [-0.39, 0.29) is 11.0 Å². The molecule has 3 heterocycles. The molecule has 1 aliphatic carbocycles. The Bertz CT molecular complexity index is 1490. The van der Waals surface area contributed by atoms with E-state index in [2.05, 4.69) is 66.2 Å². The van der Waals surface area contributed by atoms with E-state index in [0.29, 0.717) is 29.6 Å². The van der Waals surface area contributed by atoms with Crippen LogP contribution >= 0.6 is 0 Å². The van der Waals surface area contributed by atoms with E-state index in [4.69, 9.17) is 4.98 Å². The molecule has 1 aromatic carbocycles. The molecule has 0 saturated carbocycles. The smallest absolute Gasteiger partial charge is 0.278 e. The van der Waals surface area contributed by atoms with E-state index in [1.807, 2.05) is 23.9 Å². The molecule has 5 rings (SSSR count). The number of pyridine rings is 1. The predicted molar refractivity (Wildman–Crippen MR) is 144 cm³/mol. The number of fused-ring (bicyclic) bond motifs is 2. The first-order chi connectivity index (χ1) is 17.3. The van der Waals surface area contributed by atoms with Crippen LogP contribution in [0.5, 0.6) is 0 Å². The molecular weight excluding hydrogens is 450 g/mol. The number of nitrogens with zero attached hydrogens (tertiary/aromatic N) is 5. The molecule has 8 heteroatoms. The van der Waals surface area contributed by atoms with Crippen molar-refractivity contribution in [2.45, 2.75) is 58.0 Å². The van der Waals surface area contributed by atoms with Gasteiger partial charge in [0.25, 0.3) is 5.56 Å². The summed E-state index contributed by atoms with van der Waals surface area (Å²) in [6.07, 6.45) is 8.32. The summed E-state index contributed by atoms with van der Waals surface area (Å²) in [6.45, 7) is 10.5. The van der Waals surface area contributed by atoms with Gasteiger partial charge in [-0.25, -0.2) is 14.3 Å². The lowest BCUT2D eigenvalue weighted by Gasteiger charge is -2.24. The van der Waals surface area contributed by atoms with Crippen LogP contribution in [0.2, 0.25) is 0 Å². The van der Waals surface area contributed by atoms with Crippen molar-refractivity contribution in [3.05, 3.63) is 82.6 Å². The van der Waals surface area contributed by atoms with Crippen molar-refractivity contribution in [3.63, 3.8) is 0 Å². The van der Waals surface area contributed by atoms with Crippen LogP contribution in [0.4, 0.5) is 11.6 Å². The third kappa shape index (κ3) is 4.44. The normalized spacial score (nSPS) is 15.6. The minimum Gasteiger partial charge on any atom is -0.324 e. The van der Waals surface area contributed by atoms with Crippen molar-refractivity contribution >= 4 is 22.7 Å². The number of hydrogen-bond acceptors (Lipinski definition) is 6. The van der Waals surface area contributed by atoms with Gasteiger partial charge >= 0.3 is 0 Å². The monoisotopic (exact) mass is 483 g/mol. The predicted octanol–water partition coefficient (Wildman–Crippen LogP) is 4.28. The zero-order valence-electron chi connectivity index (χ0n) is 21.4. The van der Waals surface area contributed by atoms with Crippen molar-refractivity contribution < 1.29 is 0 Å². The van der Waals surface area contributed by atoms with E-state index < -0.39 is 0 Å². The van der Waals surface area contributed by atoms with Crippen LogP contribution < -0.4 is 16.2 Å². The van der Waals surface area contributed by atoms with E-state index in [0.717, 1.165) is 36.3 Å². The van der Waals surface area contributed by atoms with E-state index in [1.54, 1.807) is 23.2 Å². The highest BCUT2D eigenvalue weighted by Crippen LogP contribution is 2.27. The van der Waals surface area contributed by atoms with Gasteiger partial charge in [-0.3, -0.25) is 9.78 Å². The molecule has 0 fully saturated rings. The van der Waals surface area contributed by atoms with Crippen LogP contribution in [0.25, 0.3) is 16.7 Å². The van der Waals surface area contributed by atoms with Gasteiger partial charge in [-0.2, -0.15) is 4.98 Å². The molecule has 8 nitrogen and oxygen atoms in total. The second kappa shape index (κ2) is 9.35. The Balaban J connectivity index is 1.58. The fourth-order valence-corrected chi connectivity index (χ4v) is 4.81. The third-order valence-corrected chi connectivity index (χ3v) is 6.83. The molecule has 0 saturated heterocycles. The van der Waals surface area contributed by atoms with Gasteiger partial charge in [0.1, 0.15) is 5.39 Å². The zero-order chi connectivity index (χ0) is 25.4. The van der Waals surface area contributed by atoms with Gasteiger partial charge in [-0.1, -0.05) is 32.9 Å². The van der Waals surface area contributed by atoms with Gasteiger partial charge in [0.15, 0.2) is 5.65 Å². The number of allylic oxidation sites excluding steroid dienone is 1. The van der Waals surface area contributed by atoms with Gasteiger partial charge in [0, 0.05) is 35.2 Å². The molecule has 1 unspecified atom stereocenters. The van der Waals surface area contributed by atoms with Crippen LogP contribution in [0.15, 0.2) is 60.2 Å². The Morgan fingerprint density at radius 3 is 2.75 bits per heavy atom. The lowest BCUT2D eigenvalue weighted by atomic mass is 9.88. The number of hydrogen-bond donors (Lipinski definition) is 2. The Kier molecular flexibility index (Phi) is 6.22. The van der Waals surface area contributed by atoms with Gasteiger partial charge in [-0.15, -0.1) is 6.58 Å². The van der Waals surface area contributed by atoms with Crippen molar-refractivity contribution in [2.75, 3.05) is 12.4 Å². The molecule has 3 aromatic heterocycles. The standard InChI is InChI=1S/C28H33N7O/c1-6-13-34-26(36)23-17-31-27(32-21-10-8-18-7-9-20(29-5)14-19(18)15-21)33-25(23)35(34)22-11-12-30-24(16-22)28(2,3)4/h6,8,10-12,15-17,20,29H,1,7,9,13-14H2,2-5H3,(H,31,32,33). The number of nitrogens with one attached hydrogen (secondary N) is 2. The quantitative estimate of drug-likeness (QED) is 0.398. The molecule has 4 aromatic rings. The van der Waals surface area contributed by atoms with Crippen LogP contribution in [-0.4, -0.2) is 37.4 Å². The molecule has 36 heavy (non-hydrogen) atoms. The first-order valence-electron chi connectivity index (χ1n) is 12.4. The molecule has 0 radical (unpaired) electrons. The van der Waals surface area contributed by atoms with Crippen molar-refractivity contribution in [1.29, 1.82) is 0 Å². The molecule has 0 bridgehead atoms. The number of aryl methyl sites for hydroxylation is 1. The maximum atomic E-state index is 13.3. The zero-order valence-corrected chi connectivity index (χ0v) is 21.4. The second-order valence-electron chi connectivity index (χ2n) is 10.4. The maximum Gasteiger partial charge on any atom is 0.278 e. The number of rotatable bonds is 6. The van der Waals surface area contributed by atoms with Crippen LogP contribution in [-0.2, 0) is 24.8 Å². The molecule has 0 amide bonds. The topological polar surface area (TPSA) is 89.7 Å². The average molecular weight is 484 g/mol. The lowest BCUT2D eigenvalue weighted by Crippen LogP contribution is -2.31. The summed E-state index contributed by atoms with van der Waals surface area (Å²) in [5.74, 6) is 0.443. The molecule has 186 valence electrons. The Hall–Kier alpha value is -3.78.